The second kappa shape index (κ2) is 9.07. The zero-order chi connectivity index (χ0) is 24.7. The summed E-state index contributed by atoms with van der Waals surface area (Å²) in [5.41, 5.74) is -0.763. The Bertz CT molecular complexity index is 1250. The van der Waals surface area contributed by atoms with Crippen LogP contribution in [0.25, 0.3) is 10.9 Å². The third-order valence-electron chi connectivity index (χ3n) is 7.13. The quantitative estimate of drug-likeness (QED) is 0.378. The van der Waals surface area contributed by atoms with Gasteiger partial charge >= 0.3 is 12.3 Å². The number of fused-ring (bicyclic) bond motifs is 1. The van der Waals surface area contributed by atoms with Crippen LogP contribution in [-0.4, -0.2) is 33.0 Å². The molecule has 0 bridgehead atoms. The van der Waals surface area contributed by atoms with Gasteiger partial charge in [-0.25, -0.2) is 0 Å². The smallest absolute Gasteiger partial charge is 0.322 e. The molecule has 2 fully saturated rings. The number of aliphatic hydroxyl groups is 1. The molecule has 0 aliphatic heterocycles. The number of nitrogens with zero attached hydrogens (tertiary/aromatic N) is 3. The summed E-state index contributed by atoms with van der Waals surface area (Å²) in [7, 11) is 0. The van der Waals surface area contributed by atoms with Crippen LogP contribution in [0.2, 0.25) is 0 Å². The van der Waals surface area contributed by atoms with Gasteiger partial charge in [0.1, 0.15) is 5.75 Å². The molecule has 2 aromatic heterocycles. The largest absolute Gasteiger partial charge is 0.618 e. The number of carbonyl (C=O) groups is 1. The lowest BCUT2D eigenvalue weighted by Crippen LogP contribution is -2.40. The van der Waals surface area contributed by atoms with E-state index in [9.17, 15) is 23.9 Å². The van der Waals surface area contributed by atoms with E-state index in [0.717, 1.165) is 50.0 Å². The van der Waals surface area contributed by atoms with Crippen molar-refractivity contribution in [3.05, 3.63) is 53.1 Å². The van der Waals surface area contributed by atoms with E-state index in [4.69, 9.17) is 9.84 Å². The van der Waals surface area contributed by atoms with Crippen LogP contribution in [0.3, 0.4) is 0 Å². The van der Waals surface area contributed by atoms with Crippen molar-refractivity contribution in [1.29, 1.82) is 0 Å². The predicted molar refractivity (Wildman–Crippen MR) is 124 cm³/mol. The van der Waals surface area contributed by atoms with E-state index in [0.29, 0.717) is 29.5 Å². The van der Waals surface area contributed by atoms with Gasteiger partial charge < -0.3 is 20.4 Å². The van der Waals surface area contributed by atoms with Crippen LogP contribution in [0.1, 0.15) is 74.1 Å². The molecular weight excluding hydrogens is 458 g/mol. The molecule has 35 heavy (non-hydrogen) atoms. The summed E-state index contributed by atoms with van der Waals surface area (Å²) in [6.45, 7) is 2.13. The lowest BCUT2D eigenvalue weighted by molar-refractivity contribution is -0.621. The molecule has 186 valence electrons. The van der Waals surface area contributed by atoms with Gasteiger partial charge in [-0.1, -0.05) is 0 Å². The molecule has 2 heterocycles. The maximum atomic E-state index is 13.1. The van der Waals surface area contributed by atoms with Crippen LogP contribution in [0.15, 0.2) is 36.5 Å². The Morgan fingerprint density at radius 1 is 1.31 bits per heavy atom. The normalized spacial score (nSPS) is 22.5. The van der Waals surface area contributed by atoms with Gasteiger partial charge in [-0.3, -0.25) is 9.48 Å². The highest BCUT2D eigenvalue weighted by molar-refractivity contribution is 6.04. The predicted octanol–water partition coefficient (Wildman–Crippen LogP) is 4.51. The molecule has 0 saturated heterocycles. The molecular formula is C25H28F2N4O4. The number of aromatic nitrogens is 3. The second-order valence-electron chi connectivity index (χ2n) is 9.44. The van der Waals surface area contributed by atoms with Crippen LogP contribution in [-0.2, 0) is 0 Å². The number of rotatable bonds is 7. The Hall–Kier alpha value is -3.27. The van der Waals surface area contributed by atoms with E-state index < -0.39 is 29.3 Å². The highest BCUT2D eigenvalue weighted by Crippen LogP contribution is 2.49. The van der Waals surface area contributed by atoms with Gasteiger partial charge in [-0.2, -0.15) is 18.6 Å². The van der Waals surface area contributed by atoms with E-state index >= 15 is 0 Å². The Balaban J connectivity index is 1.40. The number of hydrogen-bond acceptors (Lipinski definition) is 5. The minimum absolute atomic E-state index is 0.0528. The first-order chi connectivity index (χ1) is 16.8. The van der Waals surface area contributed by atoms with Crippen molar-refractivity contribution in [3.8, 4) is 5.75 Å². The van der Waals surface area contributed by atoms with Gasteiger partial charge in [0.2, 0.25) is 0 Å². The zero-order valence-corrected chi connectivity index (χ0v) is 19.4. The average molecular weight is 487 g/mol. The molecule has 2 aliphatic carbocycles. The Labute approximate surface area is 201 Å². The van der Waals surface area contributed by atoms with Gasteiger partial charge in [0, 0.05) is 29.8 Å². The molecule has 1 aromatic carbocycles. The number of pyridine rings is 1. The minimum atomic E-state index is -3.00. The summed E-state index contributed by atoms with van der Waals surface area (Å²) in [4.78, 5) is 12.8. The maximum Gasteiger partial charge on any atom is 0.322 e. The van der Waals surface area contributed by atoms with E-state index in [1.807, 2.05) is 10.9 Å². The molecule has 1 amide bonds. The Morgan fingerprint density at radius 2 is 2.06 bits per heavy atom. The van der Waals surface area contributed by atoms with E-state index in [-0.39, 0.29) is 10.8 Å². The van der Waals surface area contributed by atoms with Gasteiger partial charge in [0.15, 0.2) is 0 Å². The fourth-order valence-corrected chi connectivity index (χ4v) is 5.06. The summed E-state index contributed by atoms with van der Waals surface area (Å²) >= 11 is 0. The van der Waals surface area contributed by atoms with Crippen molar-refractivity contribution >= 4 is 22.5 Å². The highest BCUT2D eigenvalue weighted by Gasteiger charge is 2.45. The molecule has 5 rings (SSSR count). The van der Waals surface area contributed by atoms with Crippen LogP contribution in [0, 0.1) is 11.1 Å². The third kappa shape index (κ3) is 4.54. The van der Waals surface area contributed by atoms with E-state index in [1.54, 1.807) is 19.1 Å². The molecule has 10 heteroatoms. The van der Waals surface area contributed by atoms with Crippen molar-refractivity contribution in [2.24, 2.45) is 5.92 Å². The van der Waals surface area contributed by atoms with Crippen molar-refractivity contribution in [2.45, 2.75) is 63.5 Å². The summed E-state index contributed by atoms with van der Waals surface area (Å²) in [5.74, 6) is -0.0103. The summed E-state index contributed by atoms with van der Waals surface area (Å²) < 4.78 is 33.7. The zero-order valence-electron chi connectivity index (χ0n) is 19.4. The van der Waals surface area contributed by atoms with Crippen molar-refractivity contribution in [2.75, 3.05) is 11.9 Å². The second-order valence-corrected chi connectivity index (χ2v) is 9.44. The first-order valence-corrected chi connectivity index (χ1v) is 12.0. The number of anilines is 1. The fourth-order valence-electron chi connectivity index (χ4n) is 5.06. The highest BCUT2D eigenvalue weighted by atomic mass is 19.3. The third-order valence-corrected chi connectivity index (χ3v) is 7.13. The molecule has 8 nitrogen and oxygen atoms in total. The van der Waals surface area contributed by atoms with Crippen molar-refractivity contribution in [3.63, 3.8) is 0 Å². The number of benzene rings is 1. The first kappa shape index (κ1) is 23.5. The number of halogens is 2. The van der Waals surface area contributed by atoms with E-state index in [2.05, 4.69) is 5.32 Å². The maximum absolute atomic E-state index is 13.1. The summed E-state index contributed by atoms with van der Waals surface area (Å²) in [5, 5.41) is 31.2. The minimum Gasteiger partial charge on any atom is -0.618 e. The van der Waals surface area contributed by atoms with Crippen molar-refractivity contribution < 1.29 is 28.1 Å². The lowest BCUT2D eigenvalue weighted by Gasteiger charge is -2.36. The Kier molecular flexibility index (Phi) is 6.08. The number of hydrogen-bond donors (Lipinski definition) is 2. The number of ether oxygens (including phenoxy) is 1. The van der Waals surface area contributed by atoms with Gasteiger partial charge in [0.05, 0.1) is 29.5 Å². The molecule has 0 radical (unpaired) electrons. The summed E-state index contributed by atoms with van der Waals surface area (Å²) in [6.07, 6.45) is 4.33. The number of nitrogens with one attached hydrogen (secondary N) is 1. The number of amides is 1. The SMILES string of the molecule is CCOc1cc2nn(C3CCC(O)(C4CC4)CC3)cc2cc1NC(=O)c1cccc(C(F)F)[n+]1[O-]. The van der Waals surface area contributed by atoms with Gasteiger partial charge in [-0.05, 0) is 63.5 Å². The Morgan fingerprint density at radius 3 is 2.71 bits per heavy atom. The average Bonchev–Trinajstić information content (AvgIpc) is 3.61. The molecule has 0 unspecified atom stereocenters. The fraction of sp³-hybridized carbons (Fsp3) is 0.480. The number of alkyl halides is 2. The van der Waals surface area contributed by atoms with Crippen LogP contribution < -0.4 is 14.8 Å². The topological polar surface area (TPSA) is 103 Å². The van der Waals surface area contributed by atoms with Crippen molar-refractivity contribution in [1.82, 2.24) is 9.78 Å². The molecule has 2 saturated carbocycles. The lowest BCUT2D eigenvalue weighted by atomic mass is 9.79. The van der Waals surface area contributed by atoms with Gasteiger partial charge in [0.25, 0.3) is 11.4 Å². The summed E-state index contributed by atoms with van der Waals surface area (Å²) in [6, 6.07) is 7.02. The molecule has 0 spiro atoms. The van der Waals surface area contributed by atoms with E-state index in [1.165, 1.54) is 12.1 Å². The standard InChI is InChI=1S/C25H28F2N4O4/c1-2-35-22-13-18-15(14-30(29-18)17-8-10-25(33,11-9-17)16-6-7-16)12-19(22)28-24(32)21-5-3-4-20(23(26)27)31(21)34/h3-5,12-14,16-17,23,33H,2,6-11H2,1H3,(H,28,32). The number of carbonyl (C=O) groups excluding carboxylic acids is 1. The van der Waals surface area contributed by atoms with Crippen LogP contribution in [0.5, 0.6) is 5.75 Å². The molecule has 2 aliphatic rings. The molecule has 0 atom stereocenters. The molecule has 3 aromatic rings. The van der Waals surface area contributed by atoms with Gasteiger partial charge in [-0.15, -0.1) is 0 Å². The monoisotopic (exact) mass is 486 g/mol. The van der Waals surface area contributed by atoms with Crippen LogP contribution in [0.4, 0.5) is 14.5 Å². The van der Waals surface area contributed by atoms with Crippen LogP contribution >= 0.6 is 0 Å². The first-order valence-electron chi connectivity index (χ1n) is 12.0. The molecule has 2 N–H and O–H groups in total.